The Hall–Kier alpha value is -2.83. The van der Waals surface area contributed by atoms with Crippen LogP contribution in [-0.4, -0.2) is 59.3 Å². The highest BCUT2D eigenvalue weighted by Gasteiger charge is 2.39. The van der Waals surface area contributed by atoms with Gasteiger partial charge in [0, 0.05) is 31.1 Å². The maximum atomic E-state index is 13.6. The molecule has 2 aromatic carbocycles. The van der Waals surface area contributed by atoms with E-state index in [0.717, 1.165) is 55.9 Å². The second-order valence-corrected chi connectivity index (χ2v) is 9.88. The molecule has 2 N–H and O–H groups in total. The van der Waals surface area contributed by atoms with Crippen LogP contribution in [0.15, 0.2) is 48.5 Å². The number of nitrogens with one attached hydrogen (secondary N) is 2. The van der Waals surface area contributed by atoms with Gasteiger partial charge in [-0.15, -0.1) is 0 Å². The van der Waals surface area contributed by atoms with E-state index in [4.69, 9.17) is 15.0 Å². The number of hydrogen-bond donors (Lipinski definition) is 2. The fourth-order valence-corrected chi connectivity index (χ4v) is 6.06. The Balaban J connectivity index is 1.51. The molecule has 5 unspecified atom stereocenters. The van der Waals surface area contributed by atoms with Crippen molar-refractivity contribution in [3.05, 3.63) is 65.7 Å². The molecule has 0 radical (unpaired) electrons. The fourth-order valence-electron chi connectivity index (χ4n) is 6.06. The first kappa shape index (κ1) is 24.8. The largest absolute Gasteiger partial charge is 0.343 e. The summed E-state index contributed by atoms with van der Waals surface area (Å²) in [5.74, 6) is 1.09. The van der Waals surface area contributed by atoms with Gasteiger partial charge in [-0.25, -0.2) is 9.37 Å². The Kier molecular flexibility index (Phi) is 7.63. The van der Waals surface area contributed by atoms with Gasteiger partial charge < -0.3 is 15.4 Å². The number of halogens is 1. The number of para-hydroxylation sites is 2. The molecule has 1 aromatic heterocycles. The second kappa shape index (κ2) is 11.1. The smallest absolute Gasteiger partial charge is 0.136 e. The monoisotopic (exact) mass is 490 g/mol. The molecule has 2 saturated heterocycles. The standard InChI is InChI=1S/C28H35FN6O/c1-19(27-23(12-15-32-27)21-8-10-22(29)11-9-21)34-16-5-14-31-18-26(34)28-33-24-6-3-4-7-25(24)35(28)20(2)36-17-13-30/h3-4,6-11,19-20,23,26-27,31-32H,5,12,14-18H2,1-2H3. The van der Waals surface area contributed by atoms with Crippen molar-refractivity contribution in [1.29, 1.82) is 5.26 Å². The molecule has 5 rings (SSSR count). The van der Waals surface area contributed by atoms with Crippen LogP contribution in [0.4, 0.5) is 4.39 Å². The Morgan fingerprint density at radius 2 is 1.97 bits per heavy atom. The molecule has 3 aromatic rings. The molecular weight excluding hydrogens is 455 g/mol. The number of ether oxygens (including phenoxy) is 1. The molecule has 0 aliphatic carbocycles. The van der Waals surface area contributed by atoms with E-state index in [2.05, 4.69) is 39.2 Å². The molecule has 0 bridgehead atoms. The van der Waals surface area contributed by atoms with Gasteiger partial charge in [0.25, 0.3) is 0 Å². The van der Waals surface area contributed by atoms with Crippen molar-refractivity contribution in [2.45, 2.75) is 57.0 Å². The van der Waals surface area contributed by atoms with Crippen molar-refractivity contribution in [3.63, 3.8) is 0 Å². The summed E-state index contributed by atoms with van der Waals surface area (Å²) in [6.45, 7) is 7.96. The van der Waals surface area contributed by atoms with Crippen LogP contribution in [0.5, 0.6) is 0 Å². The van der Waals surface area contributed by atoms with E-state index in [0.29, 0.717) is 5.92 Å². The fraction of sp³-hybridized carbons (Fsp3) is 0.500. The molecule has 0 saturated carbocycles. The molecule has 2 fully saturated rings. The highest BCUT2D eigenvalue weighted by atomic mass is 19.1. The van der Waals surface area contributed by atoms with Crippen molar-refractivity contribution in [2.24, 2.45) is 0 Å². The van der Waals surface area contributed by atoms with Gasteiger partial charge in [0.05, 0.1) is 23.1 Å². The first-order valence-electron chi connectivity index (χ1n) is 13.0. The minimum absolute atomic E-state index is 0.0293. The SMILES string of the molecule is CC(C1NCCC1c1ccc(F)cc1)N1CCCNCC1c1nc2ccccc2n1C(C)OCC#N. The van der Waals surface area contributed by atoms with E-state index in [1.54, 1.807) is 12.1 Å². The van der Waals surface area contributed by atoms with Crippen LogP contribution in [0.1, 0.15) is 56.3 Å². The number of imidazole rings is 1. The molecule has 0 amide bonds. The van der Waals surface area contributed by atoms with Crippen LogP contribution >= 0.6 is 0 Å². The summed E-state index contributed by atoms with van der Waals surface area (Å²) in [6, 6.07) is 17.7. The quantitative estimate of drug-likeness (QED) is 0.519. The summed E-state index contributed by atoms with van der Waals surface area (Å²) in [5.41, 5.74) is 3.13. The summed E-state index contributed by atoms with van der Waals surface area (Å²) in [5, 5.41) is 16.5. The Labute approximate surface area is 212 Å². The zero-order valence-electron chi connectivity index (χ0n) is 21.0. The van der Waals surface area contributed by atoms with Crippen molar-refractivity contribution in [1.82, 2.24) is 25.1 Å². The van der Waals surface area contributed by atoms with E-state index < -0.39 is 0 Å². The predicted molar refractivity (Wildman–Crippen MR) is 138 cm³/mol. The van der Waals surface area contributed by atoms with E-state index in [-0.39, 0.29) is 36.8 Å². The summed E-state index contributed by atoms with van der Waals surface area (Å²) in [6.07, 6.45) is 1.77. The zero-order chi connectivity index (χ0) is 25.1. The van der Waals surface area contributed by atoms with Gasteiger partial charge in [-0.3, -0.25) is 9.47 Å². The van der Waals surface area contributed by atoms with Gasteiger partial charge in [0.1, 0.15) is 24.5 Å². The minimum Gasteiger partial charge on any atom is -0.343 e. The summed E-state index contributed by atoms with van der Waals surface area (Å²) in [4.78, 5) is 7.69. The maximum absolute atomic E-state index is 13.6. The number of nitriles is 1. The lowest BCUT2D eigenvalue weighted by Crippen LogP contribution is -2.50. The van der Waals surface area contributed by atoms with Gasteiger partial charge in [-0.2, -0.15) is 5.26 Å². The molecule has 3 heterocycles. The summed E-state index contributed by atoms with van der Waals surface area (Å²) >= 11 is 0. The predicted octanol–water partition coefficient (Wildman–Crippen LogP) is 4.10. The minimum atomic E-state index is -0.316. The molecule has 2 aliphatic rings. The van der Waals surface area contributed by atoms with Crippen molar-refractivity contribution >= 4 is 11.0 Å². The van der Waals surface area contributed by atoms with Gasteiger partial charge >= 0.3 is 0 Å². The van der Waals surface area contributed by atoms with Crippen molar-refractivity contribution in [2.75, 3.05) is 32.8 Å². The van der Waals surface area contributed by atoms with Gasteiger partial charge in [0.2, 0.25) is 0 Å². The third-order valence-electron chi connectivity index (χ3n) is 7.79. The van der Waals surface area contributed by atoms with Crippen LogP contribution in [0.2, 0.25) is 0 Å². The lowest BCUT2D eigenvalue weighted by molar-refractivity contribution is 0.0317. The number of hydrogen-bond acceptors (Lipinski definition) is 6. The molecule has 190 valence electrons. The van der Waals surface area contributed by atoms with Gasteiger partial charge in [0.15, 0.2) is 0 Å². The number of fused-ring (bicyclic) bond motifs is 1. The summed E-state index contributed by atoms with van der Waals surface area (Å²) in [7, 11) is 0. The van der Waals surface area contributed by atoms with Gasteiger partial charge in [-0.05, 0) is 69.6 Å². The van der Waals surface area contributed by atoms with Gasteiger partial charge in [-0.1, -0.05) is 24.3 Å². The third-order valence-corrected chi connectivity index (χ3v) is 7.79. The first-order chi connectivity index (χ1) is 17.6. The van der Waals surface area contributed by atoms with Crippen LogP contribution in [0, 0.1) is 17.1 Å². The molecule has 5 atom stereocenters. The highest BCUT2D eigenvalue weighted by Crippen LogP contribution is 2.36. The third kappa shape index (κ3) is 4.89. The number of aromatic nitrogens is 2. The summed E-state index contributed by atoms with van der Waals surface area (Å²) < 4.78 is 21.6. The average molecular weight is 491 g/mol. The molecule has 8 heteroatoms. The van der Waals surface area contributed by atoms with E-state index in [1.807, 2.05) is 37.3 Å². The van der Waals surface area contributed by atoms with Crippen LogP contribution in [-0.2, 0) is 4.74 Å². The molecular formula is C28H35FN6O. The molecule has 36 heavy (non-hydrogen) atoms. The average Bonchev–Trinajstić information content (AvgIpc) is 3.45. The van der Waals surface area contributed by atoms with Crippen LogP contribution in [0.3, 0.4) is 0 Å². The number of nitrogens with zero attached hydrogens (tertiary/aromatic N) is 4. The van der Waals surface area contributed by atoms with Crippen molar-refractivity contribution < 1.29 is 9.13 Å². The Morgan fingerprint density at radius 3 is 2.78 bits per heavy atom. The maximum Gasteiger partial charge on any atom is 0.136 e. The lowest BCUT2D eigenvalue weighted by atomic mass is 9.87. The van der Waals surface area contributed by atoms with E-state index >= 15 is 0 Å². The molecule has 0 spiro atoms. The number of rotatable bonds is 7. The number of benzene rings is 2. The zero-order valence-corrected chi connectivity index (χ0v) is 21.0. The topological polar surface area (TPSA) is 78.1 Å². The Bertz CT molecular complexity index is 1200. The van der Waals surface area contributed by atoms with E-state index in [1.165, 1.54) is 5.56 Å². The molecule has 2 aliphatic heterocycles. The van der Waals surface area contributed by atoms with Crippen LogP contribution < -0.4 is 10.6 Å². The van der Waals surface area contributed by atoms with Crippen LogP contribution in [0.25, 0.3) is 11.0 Å². The lowest BCUT2D eigenvalue weighted by Gasteiger charge is -2.40. The Morgan fingerprint density at radius 1 is 1.17 bits per heavy atom. The van der Waals surface area contributed by atoms with E-state index in [9.17, 15) is 4.39 Å². The first-order valence-corrected chi connectivity index (χ1v) is 13.0. The molecule has 7 nitrogen and oxygen atoms in total. The van der Waals surface area contributed by atoms with Crippen molar-refractivity contribution in [3.8, 4) is 6.07 Å². The highest BCUT2D eigenvalue weighted by molar-refractivity contribution is 5.76. The normalized spacial score (nSPS) is 24.9. The second-order valence-electron chi connectivity index (χ2n) is 9.88.